The molecule has 0 spiro atoms. The number of hydrazone groups is 1. The summed E-state index contributed by atoms with van der Waals surface area (Å²) in [5.74, 6) is 1.76. The second kappa shape index (κ2) is 11.8. The first kappa shape index (κ1) is 24.0. The van der Waals surface area contributed by atoms with Gasteiger partial charge in [-0.05, 0) is 72.3 Å². The van der Waals surface area contributed by atoms with Crippen molar-refractivity contribution in [3.63, 3.8) is 0 Å². The molecule has 0 saturated carbocycles. The summed E-state index contributed by atoms with van der Waals surface area (Å²) in [6, 6.07) is 26.1. The van der Waals surface area contributed by atoms with E-state index >= 15 is 0 Å². The number of nitrogens with zero attached hydrogens (tertiary/aromatic N) is 3. The van der Waals surface area contributed by atoms with Crippen molar-refractivity contribution < 1.29 is 0 Å². The Balaban J connectivity index is 1.62. The Morgan fingerprint density at radius 3 is 2.33 bits per heavy atom. The molecule has 0 fully saturated rings. The van der Waals surface area contributed by atoms with Crippen LogP contribution < -0.4 is 9.73 Å². The van der Waals surface area contributed by atoms with E-state index in [0.29, 0.717) is 5.02 Å². The molecule has 0 amide bonds. The van der Waals surface area contributed by atoms with Crippen LogP contribution in [0.2, 0.25) is 10.0 Å². The molecular weight excluding hydrogens is 491 g/mol. The number of anilines is 1. The van der Waals surface area contributed by atoms with Crippen LogP contribution in [0.1, 0.15) is 18.0 Å². The number of thioether (sulfide) groups is 1. The van der Waals surface area contributed by atoms with E-state index in [2.05, 4.69) is 40.3 Å². The quantitative estimate of drug-likeness (QED) is 0.147. The van der Waals surface area contributed by atoms with Crippen molar-refractivity contribution in [2.75, 3.05) is 23.6 Å². The van der Waals surface area contributed by atoms with E-state index in [1.807, 2.05) is 54.6 Å². The van der Waals surface area contributed by atoms with Gasteiger partial charge in [-0.25, -0.2) is 0 Å². The second-order valence-corrected chi connectivity index (χ2v) is 10.1. The van der Waals surface area contributed by atoms with E-state index in [4.69, 9.17) is 33.3 Å². The molecule has 3 aromatic rings. The molecule has 0 radical (unpaired) electrons. The van der Waals surface area contributed by atoms with Crippen LogP contribution in [0, 0.1) is 0 Å². The number of aliphatic imine (C=N–C) groups is 1. The summed E-state index contributed by atoms with van der Waals surface area (Å²) in [6.07, 6.45) is 2.84. The van der Waals surface area contributed by atoms with E-state index in [1.54, 1.807) is 11.8 Å². The van der Waals surface area contributed by atoms with Gasteiger partial charge in [0.1, 0.15) is 5.71 Å². The first-order chi connectivity index (χ1) is 16.1. The number of hydrogen-bond donors (Lipinski definition) is 1. The summed E-state index contributed by atoms with van der Waals surface area (Å²) in [5.41, 5.74) is 3.14. The fourth-order valence-corrected chi connectivity index (χ4v) is 4.66. The summed E-state index contributed by atoms with van der Waals surface area (Å²) in [7, 11) is 0. The predicted octanol–water partition coefficient (Wildman–Crippen LogP) is 7.36. The van der Waals surface area contributed by atoms with Crippen LogP contribution in [-0.4, -0.2) is 30.1 Å². The Morgan fingerprint density at radius 1 is 1.00 bits per heavy atom. The first-order valence-electron chi connectivity index (χ1n) is 10.5. The highest BCUT2D eigenvalue weighted by Gasteiger charge is 2.31. The van der Waals surface area contributed by atoms with Gasteiger partial charge < -0.3 is 4.72 Å². The van der Waals surface area contributed by atoms with E-state index in [0.717, 1.165) is 45.9 Å². The van der Waals surface area contributed by atoms with Crippen molar-refractivity contribution in [1.82, 2.24) is 4.72 Å². The number of rotatable bonds is 8. The highest BCUT2D eigenvalue weighted by Crippen LogP contribution is 2.36. The molecule has 0 saturated heterocycles. The average molecular weight is 516 g/mol. The molecule has 33 heavy (non-hydrogen) atoms. The number of hydrogen-bond acceptors (Lipinski definition) is 5. The van der Waals surface area contributed by atoms with Crippen LogP contribution in [0.25, 0.3) is 0 Å². The minimum absolute atomic E-state index is 0.0791. The molecule has 1 aliphatic rings. The molecule has 170 valence electrons. The van der Waals surface area contributed by atoms with Crippen molar-refractivity contribution in [1.29, 1.82) is 0 Å². The Hall–Kier alpha value is -2.12. The second-order valence-electron chi connectivity index (χ2n) is 7.38. The molecular formula is C25H24Cl2N4S2. The van der Waals surface area contributed by atoms with Gasteiger partial charge in [0.15, 0.2) is 5.84 Å². The molecule has 0 aromatic heterocycles. The zero-order valence-corrected chi connectivity index (χ0v) is 21.3. The van der Waals surface area contributed by atoms with Crippen molar-refractivity contribution in [2.45, 2.75) is 17.4 Å². The molecule has 8 heteroatoms. The minimum Gasteiger partial charge on any atom is -0.309 e. The zero-order valence-electron chi connectivity index (χ0n) is 18.1. The molecule has 1 aliphatic heterocycles. The van der Waals surface area contributed by atoms with Crippen molar-refractivity contribution in [3.8, 4) is 0 Å². The number of benzene rings is 3. The van der Waals surface area contributed by atoms with Crippen LogP contribution >= 0.6 is 46.9 Å². The summed E-state index contributed by atoms with van der Waals surface area (Å²) < 4.78 is 3.45. The van der Waals surface area contributed by atoms with Crippen LogP contribution in [0.4, 0.5) is 5.69 Å². The third-order valence-electron chi connectivity index (χ3n) is 5.10. The maximum Gasteiger partial charge on any atom is 0.155 e. The minimum atomic E-state index is 0.0791. The fourth-order valence-electron chi connectivity index (χ4n) is 3.46. The molecule has 1 N–H and O–H groups in total. The lowest BCUT2D eigenvalue weighted by Gasteiger charge is -2.24. The highest BCUT2D eigenvalue weighted by atomic mass is 35.5. The number of amidine groups is 1. The topological polar surface area (TPSA) is 40.0 Å². The lowest BCUT2D eigenvalue weighted by Crippen LogP contribution is -2.26. The SMILES string of the molecule is CSCCN=C(NSc1ccc(Cl)cc1)C1=NN(c2ccc(Cl)cc2)[C@H](c2ccccc2)C1. The fraction of sp³-hybridized carbons (Fsp3) is 0.200. The molecule has 1 atom stereocenters. The van der Waals surface area contributed by atoms with Crippen molar-refractivity contribution >= 4 is 64.1 Å². The highest BCUT2D eigenvalue weighted by molar-refractivity contribution is 7.98. The van der Waals surface area contributed by atoms with Gasteiger partial charge in [-0.15, -0.1) is 0 Å². The van der Waals surface area contributed by atoms with Crippen molar-refractivity contribution in [2.24, 2.45) is 10.1 Å². The van der Waals surface area contributed by atoms with Crippen LogP contribution in [0.3, 0.4) is 0 Å². The maximum atomic E-state index is 6.13. The summed E-state index contributed by atoms with van der Waals surface area (Å²) in [5, 5.41) is 8.52. The lowest BCUT2D eigenvalue weighted by molar-refractivity contribution is 0.709. The van der Waals surface area contributed by atoms with Crippen LogP contribution in [-0.2, 0) is 0 Å². The number of halogens is 2. The molecule has 4 rings (SSSR count). The third kappa shape index (κ3) is 6.48. The molecule has 4 nitrogen and oxygen atoms in total. The Morgan fingerprint density at radius 2 is 1.67 bits per heavy atom. The van der Waals surface area contributed by atoms with E-state index < -0.39 is 0 Å². The summed E-state index contributed by atoms with van der Waals surface area (Å²) >= 11 is 15.5. The Kier molecular flexibility index (Phi) is 8.62. The van der Waals surface area contributed by atoms with Gasteiger partial charge in [-0.3, -0.25) is 10.0 Å². The normalized spacial score (nSPS) is 16.1. The average Bonchev–Trinajstić information content (AvgIpc) is 3.29. The van der Waals surface area contributed by atoms with Crippen LogP contribution in [0.15, 0.2) is 93.9 Å². The zero-order chi connectivity index (χ0) is 23.0. The van der Waals surface area contributed by atoms with Crippen LogP contribution in [0.5, 0.6) is 0 Å². The van der Waals surface area contributed by atoms with Gasteiger partial charge in [-0.2, -0.15) is 16.9 Å². The van der Waals surface area contributed by atoms with Gasteiger partial charge in [0.05, 0.1) is 18.3 Å². The summed E-state index contributed by atoms with van der Waals surface area (Å²) in [6.45, 7) is 0.723. The largest absolute Gasteiger partial charge is 0.309 e. The van der Waals surface area contributed by atoms with Gasteiger partial charge in [-0.1, -0.05) is 53.5 Å². The smallest absolute Gasteiger partial charge is 0.155 e. The van der Waals surface area contributed by atoms with Gasteiger partial charge in [0.2, 0.25) is 0 Å². The maximum absolute atomic E-state index is 6.13. The Labute approximate surface area is 213 Å². The van der Waals surface area contributed by atoms with Gasteiger partial charge in [0.25, 0.3) is 0 Å². The van der Waals surface area contributed by atoms with E-state index in [9.17, 15) is 0 Å². The van der Waals surface area contributed by atoms with E-state index in [1.165, 1.54) is 17.5 Å². The Bertz CT molecular complexity index is 1100. The molecule has 0 aliphatic carbocycles. The van der Waals surface area contributed by atoms with Crippen molar-refractivity contribution in [3.05, 3.63) is 94.5 Å². The molecule has 3 aromatic carbocycles. The summed E-state index contributed by atoms with van der Waals surface area (Å²) in [4.78, 5) is 5.92. The monoisotopic (exact) mass is 514 g/mol. The molecule has 0 unspecified atom stereocenters. The standard InChI is InChI=1S/C25H24Cl2N4S2/c1-32-16-15-28-25(30-33-22-13-9-20(27)10-14-22)23-17-24(18-5-3-2-4-6-18)31(29-23)21-11-7-19(26)8-12-21/h2-14,24H,15-17H2,1H3,(H,28,30)/t24-/m0/s1. The lowest BCUT2D eigenvalue weighted by atomic mass is 10.0. The molecule has 0 bridgehead atoms. The number of nitrogens with one attached hydrogen (secondary N) is 1. The van der Waals surface area contributed by atoms with E-state index in [-0.39, 0.29) is 6.04 Å². The van der Waals surface area contributed by atoms with Gasteiger partial charge >= 0.3 is 0 Å². The third-order valence-corrected chi connectivity index (χ3v) is 7.00. The first-order valence-corrected chi connectivity index (χ1v) is 13.5. The molecule has 1 heterocycles. The predicted molar refractivity (Wildman–Crippen MR) is 146 cm³/mol. The van der Waals surface area contributed by atoms with Gasteiger partial charge in [0, 0.05) is 27.1 Å².